The summed E-state index contributed by atoms with van der Waals surface area (Å²) in [7, 11) is 1.72. The molecule has 1 aromatic rings. The zero-order valence-electron chi connectivity index (χ0n) is 10.1. The van der Waals surface area contributed by atoms with Crippen LogP contribution in [0.2, 0.25) is 0 Å². The standard InChI is InChI=1S/C13H19NOS/c1-9(2)14-12-6-7-16-13-8-10(15-3)4-5-11(12)13/h4-5,8-9,12,14H,6-7H2,1-3H3. The second-order valence-corrected chi connectivity index (χ2v) is 5.55. The van der Waals surface area contributed by atoms with E-state index in [9.17, 15) is 0 Å². The number of thioether (sulfide) groups is 1. The zero-order valence-corrected chi connectivity index (χ0v) is 10.9. The predicted molar refractivity (Wildman–Crippen MR) is 69.3 cm³/mol. The highest BCUT2D eigenvalue weighted by atomic mass is 32.2. The van der Waals surface area contributed by atoms with Crippen molar-refractivity contribution in [2.24, 2.45) is 0 Å². The van der Waals surface area contributed by atoms with Gasteiger partial charge in [-0.2, -0.15) is 0 Å². The topological polar surface area (TPSA) is 21.3 Å². The van der Waals surface area contributed by atoms with Crippen LogP contribution in [0.5, 0.6) is 5.75 Å². The maximum atomic E-state index is 5.26. The third-order valence-electron chi connectivity index (χ3n) is 2.79. The minimum Gasteiger partial charge on any atom is -0.497 e. The summed E-state index contributed by atoms with van der Waals surface area (Å²) in [6.07, 6.45) is 1.21. The Morgan fingerprint density at radius 3 is 2.94 bits per heavy atom. The Hall–Kier alpha value is -0.670. The van der Waals surface area contributed by atoms with Crippen LogP contribution >= 0.6 is 11.8 Å². The van der Waals surface area contributed by atoms with Gasteiger partial charge in [0.1, 0.15) is 5.75 Å². The third kappa shape index (κ3) is 2.53. The minimum atomic E-state index is 0.502. The molecular formula is C13H19NOS. The van der Waals surface area contributed by atoms with Gasteiger partial charge < -0.3 is 10.1 Å². The van der Waals surface area contributed by atoms with E-state index in [1.807, 2.05) is 11.8 Å². The van der Waals surface area contributed by atoms with Gasteiger partial charge in [0.05, 0.1) is 7.11 Å². The van der Waals surface area contributed by atoms with Crippen molar-refractivity contribution in [3.05, 3.63) is 23.8 Å². The molecule has 2 nitrogen and oxygen atoms in total. The summed E-state index contributed by atoms with van der Waals surface area (Å²) in [6.45, 7) is 4.40. The molecule has 1 aromatic carbocycles. The largest absolute Gasteiger partial charge is 0.497 e. The number of fused-ring (bicyclic) bond motifs is 1. The van der Waals surface area contributed by atoms with Crippen molar-refractivity contribution in [3.8, 4) is 5.75 Å². The van der Waals surface area contributed by atoms with Gasteiger partial charge in [0.2, 0.25) is 0 Å². The van der Waals surface area contributed by atoms with Gasteiger partial charge in [-0.25, -0.2) is 0 Å². The fourth-order valence-corrected chi connectivity index (χ4v) is 3.22. The van der Waals surface area contributed by atoms with Gasteiger partial charge >= 0.3 is 0 Å². The molecular weight excluding hydrogens is 218 g/mol. The van der Waals surface area contributed by atoms with Crippen molar-refractivity contribution < 1.29 is 4.74 Å². The second kappa shape index (κ2) is 5.11. The normalized spacial score (nSPS) is 19.6. The molecule has 0 spiro atoms. The lowest BCUT2D eigenvalue weighted by Gasteiger charge is -2.28. The predicted octanol–water partition coefficient (Wildman–Crippen LogP) is 3.23. The summed E-state index contributed by atoms with van der Waals surface area (Å²) in [5.74, 6) is 2.14. The lowest BCUT2D eigenvalue weighted by molar-refractivity contribution is 0.411. The zero-order chi connectivity index (χ0) is 11.5. The molecule has 0 aliphatic carbocycles. The van der Waals surface area contributed by atoms with Crippen LogP contribution in [0.25, 0.3) is 0 Å². The summed E-state index contributed by atoms with van der Waals surface area (Å²) in [5, 5.41) is 3.62. The maximum Gasteiger partial charge on any atom is 0.119 e. The molecule has 3 heteroatoms. The molecule has 88 valence electrons. The van der Waals surface area contributed by atoms with Gasteiger partial charge in [-0.15, -0.1) is 11.8 Å². The second-order valence-electron chi connectivity index (χ2n) is 4.41. The van der Waals surface area contributed by atoms with E-state index in [1.165, 1.54) is 22.6 Å². The average Bonchev–Trinajstić information content (AvgIpc) is 2.28. The van der Waals surface area contributed by atoms with Crippen LogP contribution in [0.1, 0.15) is 31.9 Å². The summed E-state index contributed by atoms with van der Waals surface area (Å²) in [4.78, 5) is 1.36. The number of nitrogens with one attached hydrogen (secondary N) is 1. The minimum absolute atomic E-state index is 0.502. The fraction of sp³-hybridized carbons (Fsp3) is 0.538. The number of benzene rings is 1. The Morgan fingerprint density at radius 2 is 2.25 bits per heavy atom. The Morgan fingerprint density at radius 1 is 1.44 bits per heavy atom. The molecule has 0 fully saturated rings. The summed E-state index contributed by atoms with van der Waals surface area (Å²) >= 11 is 1.93. The van der Waals surface area contributed by atoms with Crippen LogP contribution in [0.3, 0.4) is 0 Å². The van der Waals surface area contributed by atoms with E-state index in [2.05, 4.69) is 37.4 Å². The number of ether oxygens (including phenoxy) is 1. The van der Waals surface area contributed by atoms with E-state index < -0.39 is 0 Å². The number of hydrogen-bond acceptors (Lipinski definition) is 3. The monoisotopic (exact) mass is 237 g/mol. The molecule has 1 N–H and O–H groups in total. The summed E-state index contributed by atoms with van der Waals surface area (Å²) in [6, 6.07) is 7.43. The SMILES string of the molecule is COc1ccc2c(c1)SCCC2NC(C)C. The average molecular weight is 237 g/mol. The summed E-state index contributed by atoms with van der Waals surface area (Å²) in [5.41, 5.74) is 1.42. The molecule has 0 saturated heterocycles. The first-order chi connectivity index (χ1) is 7.70. The van der Waals surface area contributed by atoms with Gasteiger partial charge in [-0.05, 0) is 29.9 Å². The molecule has 16 heavy (non-hydrogen) atoms. The van der Waals surface area contributed by atoms with E-state index in [-0.39, 0.29) is 0 Å². The Bertz CT molecular complexity index is 365. The first kappa shape index (κ1) is 11.8. The third-order valence-corrected chi connectivity index (χ3v) is 3.90. The molecule has 0 amide bonds. The molecule has 1 aliphatic rings. The van der Waals surface area contributed by atoms with Crippen molar-refractivity contribution in [2.45, 2.75) is 37.2 Å². The lowest BCUT2D eigenvalue weighted by Crippen LogP contribution is -2.30. The quantitative estimate of drug-likeness (QED) is 0.872. The first-order valence-corrected chi connectivity index (χ1v) is 6.76. The Labute approximate surface area is 102 Å². The molecule has 1 atom stereocenters. The van der Waals surface area contributed by atoms with E-state index in [0.717, 1.165) is 5.75 Å². The van der Waals surface area contributed by atoms with E-state index in [1.54, 1.807) is 7.11 Å². The lowest BCUT2D eigenvalue weighted by atomic mass is 10.0. The van der Waals surface area contributed by atoms with Gasteiger partial charge in [-0.3, -0.25) is 0 Å². The maximum absolute atomic E-state index is 5.26. The van der Waals surface area contributed by atoms with Gasteiger partial charge in [-0.1, -0.05) is 19.9 Å². The smallest absolute Gasteiger partial charge is 0.119 e. The van der Waals surface area contributed by atoms with Crippen LogP contribution < -0.4 is 10.1 Å². The van der Waals surface area contributed by atoms with Gasteiger partial charge in [0.15, 0.2) is 0 Å². The number of rotatable bonds is 3. The molecule has 0 saturated carbocycles. The highest BCUT2D eigenvalue weighted by molar-refractivity contribution is 7.99. The summed E-state index contributed by atoms with van der Waals surface area (Å²) < 4.78 is 5.26. The molecule has 0 bridgehead atoms. The molecule has 2 rings (SSSR count). The van der Waals surface area contributed by atoms with E-state index in [4.69, 9.17) is 4.74 Å². The molecule has 1 unspecified atom stereocenters. The molecule has 0 aromatic heterocycles. The van der Waals surface area contributed by atoms with Crippen LogP contribution in [0, 0.1) is 0 Å². The van der Waals surface area contributed by atoms with Crippen molar-refractivity contribution in [2.75, 3.05) is 12.9 Å². The molecule has 0 radical (unpaired) electrons. The number of hydrogen-bond donors (Lipinski definition) is 1. The van der Waals surface area contributed by atoms with Gasteiger partial charge in [0.25, 0.3) is 0 Å². The highest BCUT2D eigenvalue weighted by Gasteiger charge is 2.21. The van der Waals surface area contributed by atoms with Crippen molar-refractivity contribution in [3.63, 3.8) is 0 Å². The molecule has 1 aliphatic heterocycles. The fourth-order valence-electron chi connectivity index (χ4n) is 2.07. The number of methoxy groups -OCH3 is 1. The van der Waals surface area contributed by atoms with E-state index in [0.29, 0.717) is 12.1 Å². The van der Waals surface area contributed by atoms with Crippen LogP contribution in [-0.2, 0) is 0 Å². The van der Waals surface area contributed by atoms with Crippen LogP contribution in [0.15, 0.2) is 23.1 Å². The van der Waals surface area contributed by atoms with Crippen LogP contribution in [0.4, 0.5) is 0 Å². The Balaban J connectivity index is 2.25. The van der Waals surface area contributed by atoms with Crippen molar-refractivity contribution in [1.29, 1.82) is 0 Å². The Kier molecular flexibility index (Phi) is 3.77. The highest BCUT2D eigenvalue weighted by Crippen LogP contribution is 2.38. The van der Waals surface area contributed by atoms with Crippen molar-refractivity contribution >= 4 is 11.8 Å². The molecule has 1 heterocycles. The van der Waals surface area contributed by atoms with E-state index >= 15 is 0 Å². The first-order valence-electron chi connectivity index (χ1n) is 5.77. The van der Waals surface area contributed by atoms with Crippen LogP contribution in [-0.4, -0.2) is 18.9 Å². The van der Waals surface area contributed by atoms with Gasteiger partial charge in [0, 0.05) is 17.0 Å². The van der Waals surface area contributed by atoms with Crippen molar-refractivity contribution in [1.82, 2.24) is 5.32 Å².